The summed E-state index contributed by atoms with van der Waals surface area (Å²) >= 11 is 7.99. The van der Waals surface area contributed by atoms with Crippen molar-refractivity contribution in [2.75, 3.05) is 6.54 Å². The molecule has 1 atom stereocenters. The number of thiophene rings is 1. The van der Waals surface area contributed by atoms with Gasteiger partial charge in [0.15, 0.2) is 0 Å². The van der Waals surface area contributed by atoms with Crippen LogP contribution in [0.1, 0.15) is 30.0 Å². The van der Waals surface area contributed by atoms with Gasteiger partial charge in [-0.25, -0.2) is 4.98 Å². The number of hydrogen-bond acceptors (Lipinski definition) is 4. The lowest BCUT2D eigenvalue weighted by Crippen LogP contribution is -2.32. The van der Waals surface area contributed by atoms with Crippen LogP contribution in [-0.2, 0) is 6.42 Å². The summed E-state index contributed by atoms with van der Waals surface area (Å²) in [4.78, 5) is 21.0. The van der Waals surface area contributed by atoms with Gasteiger partial charge in [-0.2, -0.15) is 0 Å². The molecule has 0 bridgehead atoms. The third-order valence-corrected chi connectivity index (χ3v) is 6.01. The highest BCUT2D eigenvalue weighted by Gasteiger charge is 2.16. The average molecular weight is 422 g/mol. The van der Waals surface area contributed by atoms with E-state index in [2.05, 4.69) is 38.9 Å². The van der Waals surface area contributed by atoms with Crippen molar-refractivity contribution in [3.8, 4) is 0 Å². The second-order valence-electron chi connectivity index (χ2n) is 6.56. The number of benzene rings is 1. The van der Waals surface area contributed by atoms with Crippen molar-refractivity contribution < 1.29 is 0 Å². The summed E-state index contributed by atoms with van der Waals surface area (Å²) in [5.74, 6) is 0.709. The van der Waals surface area contributed by atoms with E-state index in [1.54, 1.807) is 29.5 Å². The molecule has 7 heteroatoms. The summed E-state index contributed by atoms with van der Waals surface area (Å²) in [6, 6.07) is 10.0. The summed E-state index contributed by atoms with van der Waals surface area (Å²) < 4.78 is 0. The number of halogens is 2. The molecule has 1 aliphatic rings. The summed E-state index contributed by atoms with van der Waals surface area (Å²) in [7, 11) is 0. The average Bonchev–Trinajstić information content (AvgIpc) is 3.18. The van der Waals surface area contributed by atoms with Crippen LogP contribution in [0.5, 0.6) is 0 Å². The van der Waals surface area contributed by atoms with Crippen LogP contribution < -0.4 is 10.9 Å². The van der Waals surface area contributed by atoms with Crippen LogP contribution in [0.2, 0.25) is 5.02 Å². The molecule has 2 aromatic heterocycles. The summed E-state index contributed by atoms with van der Waals surface area (Å²) in [6.07, 6.45) is 6.09. The van der Waals surface area contributed by atoms with Crippen LogP contribution >= 0.6 is 35.3 Å². The van der Waals surface area contributed by atoms with Gasteiger partial charge in [-0.05, 0) is 48.4 Å². The summed E-state index contributed by atoms with van der Waals surface area (Å²) in [6.45, 7) is 0.915. The van der Waals surface area contributed by atoms with Gasteiger partial charge in [0, 0.05) is 23.9 Å². The SMILES string of the molecule is Cl.O=c1[nH]c(CCCC2CC(c3cccs3)=CCN2)nc2c(Cl)cccc12. The topological polar surface area (TPSA) is 57.8 Å². The van der Waals surface area contributed by atoms with E-state index in [0.29, 0.717) is 27.8 Å². The maximum Gasteiger partial charge on any atom is 0.258 e. The molecule has 0 saturated heterocycles. The van der Waals surface area contributed by atoms with E-state index in [-0.39, 0.29) is 18.0 Å². The van der Waals surface area contributed by atoms with Gasteiger partial charge in [0.05, 0.1) is 15.9 Å². The monoisotopic (exact) mass is 421 g/mol. The predicted octanol–water partition coefficient (Wildman–Crippen LogP) is 4.83. The Hall–Kier alpha value is -1.66. The van der Waals surface area contributed by atoms with Gasteiger partial charge in [-0.1, -0.05) is 29.8 Å². The van der Waals surface area contributed by atoms with E-state index < -0.39 is 0 Å². The molecule has 4 rings (SSSR count). The fourth-order valence-corrected chi connectivity index (χ4v) is 4.44. The molecule has 1 unspecified atom stereocenters. The number of aryl methyl sites for hydroxylation is 1. The van der Waals surface area contributed by atoms with Gasteiger partial charge >= 0.3 is 0 Å². The van der Waals surface area contributed by atoms with E-state index in [4.69, 9.17) is 11.6 Å². The standard InChI is InChI=1S/C20H20ClN3OS.ClH/c21-16-6-2-5-15-19(16)23-18(24-20(15)25)8-1-4-14-12-13(9-10-22-14)17-7-3-11-26-17;/h2-3,5-7,9,11,14,22H,1,4,8,10,12H2,(H,23,24,25);1H. The number of aromatic amines is 1. The Bertz CT molecular complexity index is 998. The molecule has 4 nitrogen and oxygen atoms in total. The highest BCUT2D eigenvalue weighted by Crippen LogP contribution is 2.27. The van der Waals surface area contributed by atoms with Crippen LogP contribution in [0, 0.1) is 0 Å². The lowest BCUT2D eigenvalue weighted by atomic mass is 9.96. The lowest BCUT2D eigenvalue weighted by Gasteiger charge is -2.23. The zero-order valence-electron chi connectivity index (χ0n) is 14.7. The Kier molecular flexibility index (Phi) is 6.71. The van der Waals surface area contributed by atoms with E-state index in [1.807, 2.05) is 0 Å². The first-order chi connectivity index (χ1) is 12.7. The second kappa shape index (κ2) is 9.02. The second-order valence-corrected chi connectivity index (χ2v) is 7.91. The molecule has 1 aromatic carbocycles. The Morgan fingerprint density at radius 1 is 1.26 bits per heavy atom. The predicted molar refractivity (Wildman–Crippen MR) is 116 cm³/mol. The Morgan fingerprint density at radius 3 is 2.96 bits per heavy atom. The molecule has 0 radical (unpaired) electrons. The van der Waals surface area contributed by atoms with Crippen LogP contribution in [0.4, 0.5) is 0 Å². The van der Waals surface area contributed by atoms with Crippen molar-refractivity contribution in [3.63, 3.8) is 0 Å². The molecule has 142 valence electrons. The van der Waals surface area contributed by atoms with E-state index in [9.17, 15) is 4.79 Å². The number of nitrogens with zero attached hydrogens (tertiary/aromatic N) is 1. The molecule has 3 aromatic rings. The maximum atomic E-state index is 12.2. The van der Waals surface area contributed by atoms with E-state index in [1.165, 1.54) is 10.5 Å². The largest absolute Gasteiger partial charge is 0.310 e. The number of fused-ring (bicyclic) bond motifs is 1. The van der Waals surface area contributed by atoms with Gasteiger partial charge in [0.1, 0.15) is 5.82 Å². The van der Waals surface area contributed by atoms with Gasteiger partial charge in [0.2, 0.25) is 0 Å². The molecular formula is C20H21Cl2N3OS. The van der Waals surface area contributed by atoms with Gasteiger partial charge in [0.25, 0.3) is 5.56 Å². The number of hydrogen-bond donors (Lipinski definition) is 2. The molecule has 0 aliphatic carbocycles. The maximum absolute atomic E-state index is 12.2. The minimum Gasteiger partial charge on any atom is -0.310 e. The van der Waals surface area contributed by atoms with Gasteiger partial charge < -0.3 is 10.3 Å². The van der Waals surface area contributed by atoms with Crippen LogP contribution in [0.25, 0.3) is 16.5 Å². The van der Waals surface area contributed by atoms with Crippen LogP contribution in [0.15, 0.2) is 46.6 Å². The molecule has 3 heterocycles. The lowest BCUT2D eigenvalue weighted by molar-refractivity contribution is 0.483. The van der Waals surface area contributed by atoms with Gasteiger partial charge in [-0.15, -0.1) is 23.7 Å². The molecule has 27 heavy (non-hydrogen) atoms. The Balaban J connectivity index is 0.00000210. The third kappa shape index (κ3) is 4.61. The third-order valence-electron chi connectivity index (χ3n) is 4.76. The fraction of sp³-hybridized carbons (Fsp3) is 0.300. The Labute approximate surface area is 173 Å². The Morgan fingerprint density at radius 2 is 2.15 bits per heavy atom. The smallest absolute Gasteiger partial charge is 0.258 e. The van der Waals surface area contributed by atoms with Crippen molar-refractivity contribution in [1.82, 2.24) is 15.3 Å². The van der Waals surface area contributed by atoms with Crippen LogP contribution in [-0.4, -0.2) is 22.6 Å². The molecule has 0 saturated carbocycles. The summed E-state index contributed by atoms with van der Waals surface area (Å²) in [5, 5.41) is 6.75. The van der Waals surface area contributed by atoms with Crippen molar-refractivity contribution in [3.05, 3.63) is 67.9 Å². The zero-order chi connectivity index (χ0) is 17.9. The van der Waals surface area contributed by atoms with Crippen molar-refractivity contribution >= 4 is 51.8 Å². The van der Waals surface area contributed by atoms with E-state index in [0.717, 1.165) is 32.2 Å². The highest BCUT2D eigenvalue weighted by atomic mass is 35.5. The first-order valence-electron chi connectivity index (χ1n) is 8.84. The van der Waals surface area contributed by atoms with Crippen molar-refractivity contribution in [2.24, 2.45) is 0 Å². The normalized spacial score (nSPS) is 16.8. The minimum absolute atomic E-state index is 0. The molecule has 0 fully saturated rings. The fourth-order valence-electron chi connectivity index (χ4n) is 3.44. The quantitative estimate of drug-likeness (QED) is 0.620. The number of aromatic nitrogens is 2. The van der Waals surface area contributed by atoms with Gasteiger partial charge in [-0.3, -0.25) is 4.79 Å². The first kappa shape index (κ1) is 20.1. The van der Waals surface area contributed by atoms with Crippen LogP contribution in [0.3, 0.4) is 0 Å². The highest BCUT2D eigenvalue weighted by molar-refractivity contribution is 7.11. The molecule has 1 aliphatic heterocycles. The number of para-hydroxylation sites is 1. The van der Waals surface area contributed by atoms with Crippen molar-refractivity contribution in [1.29, 1.82) is 0 Å². The van der Waals surface area contributed by atoms with Crippen molar-refractivity contribution in [2.45, 2.75) is 31.7 Å². The molecule has 0 amide bonds. The minimum atomic E-state index is -0.119. The molecule has 0 spiro atoms. The number of rotatable bonds is 5. The first-order valence-corrected chi connectivity index (χ1v) is 10.1. The number of nitrogens with one attached hydrogen (secondary N) is 2. The number of H-pyrrole nitrogens is 1. The molecule has 2 N–H and O–H groups in total. The molecular weight excluding hydrogens is 401 g/mol. The summed E-state index contributed by atoms with van der Waals surface area (Å²) in [5.41, 5.74) is 1.91. The van der Waals surface area contributed by atoms with E-state index >= 15 is 0 Å². The zero-order valence-corrected chi connectivity index (χ0v) is 17.1.